The topological polar surface area (TPSA) is 24.1 Å². The summed E-state index contributed by atoms with van der Waals surface area (Å²) in [5.74, 6) is 0.860. The Morgan fingerprint density at radius 3 is 2.70 bits per heavy atom. The lowest BCUT2D eigenvalue weighted by Crippen LogP contribution is -2.59. The number of fused-ring (bicyclic) bond motifs is 4. The van der Waals surface area contributed by atoms with Gasteiger partial charge in [-0.05, 0) is 25.3 Å². The quantitative estimate of drug-likeness (QED) is 0.507. The molecule has 3 fully saturated rings. The lowest BCUT2D eigenvalue weighted by molar-refractivity contribution is 0.195. The third kappa shape index (κ3) is 1.18. The van der Waals surface area contributed by atoms with Gasteiger partial charge in [0.2, 0.25) is 0 Å². The van der Waals surface area contributed by atoms with E-state index in [1.165, 1.54) is 25.9 Å². The summed E-state index contributed by atoms with van der Waals surface area (Å²) in [7, 11) is 0. The highest BCUT2D eigenvalue weighted by molar-refractivity contribution is 4.92. The number of rotatable bonds is 0. The van der Waals surface area contributed by atoms with Crippen molar-refractivity contribution in [1.82, 2.24) is 10.6 Å². The van der Waals surface area contributed by atoms with Crippen molar-refractivity contribution in [2.24, 2.45) is 5.92 Å². The average molecular weight is 140 g/mol. The van der Waals surface area contributed by atoms with Crippen LogP contribution < -0.4 is 10.6 Å². The van der Waals surface area contributed by atoms with E-state index >= 15 is 0 Å². The fraction of sp³-hybridized carbons (Fsp3) is 1.00. The molecule has 2 heteroatoms. The normalized spacial score (nSPS) is 47.1. The second-order valence-electron chi connectivity index (χ2n) is 3.80. The van der Waals surface area contributed by atoms with E-state index < -0.39 is 0 Å². The van der Waals surface area contributed by atoms with E-state index in [0.29, 0.717) is 0 Å². The van der Waals surface area contributed by atoms with Crippen LogP contribution in [0.4, 0.5) is 0 Å². The van der Waals surface area contributed by atoms with Gasteiger partial charge in [0.25, 0.3) is 0 Å². The fourth-order valence-electron chi connectivity index (χ4n) is 2.03. The van der Waals surface area contributed by atoms with Gasteiger partial charge in [-0.25, -0.2) is 0 Å². The van der Waals surface area contributed by atoms with E-state index in [1.54, 1.807) is 0 Å². The molecule has 0 amide bonds. The van der Waals surface area contributed by atoms with E-state index in [0.717, 1.165) is 18.0 Å². The molecular formula is C8H16N2. The zero-order valence-electron chi connectivity index (χ0n) is 6.56. The van der Waals surface area contributed by atoms with Crippen LogP contribution in [0.2, 0.25) is 0 Å². The summed E-state index contributed by atoms with van der Waals surface area (Å²) in [6.07, 6.45) is 2.76. The zero-order chi connectivity index (χ0) is 6.97. The number of hydrogen-bond donors (Lipinski definition) is 2. The summed E-state index contributed by atoms with van der Waals surface area (Å²) < 4.78 is 0. The third-order valence-corrected chi connectivity index (χ3v) is 2.61. The van der Waals surface area contributed by atoms with Crippen LogP contribution in [-0.4, -0.2) is 25.2 Å². The maximum atomic E-state index is 3.55. The van der Waals surface area contributed by atoms with Crippen LogP contribution in [-0.2, 0) is 0 Å². The van der Waals surface area contributed by atoms with Gasteiger partial charge in [-0.2, -0.15) is 0 Å². The summed E-state index contributed by atoms with van der Waals surface area (Å²) in [4.78, 5) is 0. The Labute approximate surface area is 62.4 Å². The van der Waals surface area contributed by atoms with Gasteiger partial charge in [-0.15, -0.1) is 0 Å². The highest BCUT2D eigenvalue weighted by Crippen LogP contribution is 2.20. The molecule has 3 rings (SSSR count). The molecule has 3 atom stereocenters. The van der Waals surface area contributed by atoms with Crippen molar-refractivity contribution in [1.29, 1.82) is 0 Å². The molecule has 2 N–H and O–H groups in total. The van der Waals surface area contributed by atoms with Gasteiger partial charge in [0.05, 0.1) is 0 Å². The lowest BCUT2D eigenvalue weighted by atomic mass is 9.87. The van der Waals surface area contributed by atoms with Crippen molar-refractivity contribution in [3.05, 3.63) is 0 Å². The molecule has 0 aromatic rings. The maximum absolute atomic E-state index is 3.55. The van der Waals surface area contributed by atoms with Crippen LogP contribution in [0, 0.1) is 5.92 Å². The molecule has 3 aliphatic heterocycles. The maximum Gasteiger partial charge on any atom is 0.0209 e. The van der Waals surface area contributed by atoms with Gasteiger partial charge in [0, 0.05) is 18.6 Å². The van der Waals surface area contributed by atoms with Crippen molar-refractivity contribution < 1.29 is 0 Å². The van der Waals surface area contributed by atoms with Crippen molar-refractivity contribution in [2.75, 3.05) is 13.1 Å². The summed E-state index contributed by atoms with van der Waals surface area (Å²) in [5.41, 5.74) is 0. The Hall–Kier alpha value is -0.0800. The first-order chi connectivity index (χ1) is 4.84. The molecule has 58 valence electrons. The molecule has 0 aromatic carbocycles. The van der Waals surface area contributed by atoms with Crippen LogP contribution in [0.1, 0.15) is 19.8 Å². The Morgan fingerprint density at radius 2 is 1.90 bits per heavy atom. The van der Waals surface area contributed by atoms with Gasteiger partial charge < -0.3 is 10.6 Å². The SMILES string of the molecule is CC1CNCC2CC(C1)N2. The zero-order valence-corrected chi connectivity index (χ0v) is 6.56. The van der Waals surface area contributed by atoms with Gasteiger partial charge in [0.15, 0.2) is 0 Å². The Balaban J connectivity index is 1.88. The Kier molecular flexibility index (Phi) is 1.66. The first-order valence-corrected chi connectivity index (χ1v) is 4.31. The summed E-state index contributed by atoms with van der Waals surface area (Å²) in [6.45, 7) is 4.73. The molecule has 0 aromatic heterocycles. The monoisotopic (exact) mass is 140 g/mol. The van der Waals surface area contributed by atoms with E-state index in [2.05, 4.69) is 17.6 Å². The Morgan fingerprint density at radius 1 is 1.10 bits per heavy atom. The molecule has 0 spiro atoms. The Bertz CT molecular complexity index is 113. The molecule has 0 saturated carbocycles. The highest BCUT2D eigenvalue weighted by atomic mass is 15.1. The minimum absolute atomic E-state index is 0.789. The predicted octanol–water partition coefficient (Wildman–Crippen LogP) is 0.346. The largest absolute Gasteiger partial charge is 0.315 e. The number of nitrogens with one attached hydrogen (secondary N) is 2. The molecule has 0 aliphatic carbocycles. The van der Waals surface area contributed by atoms with Gasteiger partial charge in [-0.1, -0.05) is 6.92 Å². The third-order valence-electron chi connectivity index (χ3n) is 2.61. The van der Waals surface area contributed by atoms with Crippen LogP contribution in [0.3, 0.4) is 0 Å². The summed E-state index contributed by atoms with van der Waals surface area (Å²) >= 11 is 0. The average Bonchev–Trinajstić information content (AvgIpc) is 1.73. The van der Waals surface area contributed by atoms with Crippen molar-refractivity contribution in [3.8, 4) is 0 Å². The van der Waals surface area contributed by atoms with Crippen molar-refractivity contribution >= 4 is 0 Å². The van der Waals surface area contributed by atoms with Gasteiger partial charge in [-0.3, -0.25) is 0 Å². The molecular weight excluding hydrogens is 124 g/mol. The molecule has 3 unspecified atom stereocenters. The minimum atomic E-state index is 0.789. The summed E-state index contributed by atoms with van der Waals surface area (Å²) in [5, 5.41) is 7.01. The van der Waals surface area contributed by atoms with E-state index in [4.69, 9.17) is 0 Å². The first kappa shape index (κ1) is 6.62. The summed E-state index contributed by atoms with van der Waals surface area (Å²) in [6, 6.07) is 1.64. The lowest BCUT2D eigenvalue weighted by Gasteiger charge is -2.41. The van der Waals surface area contributed by atoms with Crippen LogP contribution in [0.5, 0.6) is 0 Å². The molecule has 3 aliphatic rings. The van der Waals surface area contributed by atoms with Crippen LogP contribution in [0.25, 0.3) is 0 Å². The van der Waals surface area contributed by atoms with E-state index in [9.17, 15) is 0 Å². The smallest absolute Gasteiger partial charge is 0.0209 e. The van der Waals surface area contributed by atoms with Gasteiger partial charge >= 0.3 is 0 Å². The molecule has 3 heterocycles. The van der Waals surface area contributed by atoms with Crippen LogP contribution >= 0.6 is 0 Å². The molecule has 10 heavy (non-hydrogen) atoms. The highest BCUT2D eigenvalue weighted by Gasteiger charge is 2.30. The van der Waals surface area contributed by atoms with Gasteiger partial charge in [0.1, 0.15) is 0 Å². The second kappa shape index (κ2) is 2.51. The molecule has 3 saturated heterocycles. The molecule has 2 bridgehead atoms. The van der Waals surface area contributed by atoms with E-state index in [-0.39, 0.29) is 0 Å². The van der Waals surface area contributed by atoms with Crippen LogP contribution in [0.15, 0.2) is 0 Å². The fourth-order valence-corrected chi connectivity index (χ4v) is 2.03. The van der Waals surface area contributed by atoms with Crippen molar-refractivity contribution in [2.45, 2.75) is 31.8 Å². The first-order valence-electron chi connectivity index (χ1n) is 4.31. The standard InChI is InChI=1S/C8H16N2/c1-6-2-7-3-8(10-7)5-9-4-6/h6-10H,2-5H2,1H3. The van der Waals surface area contributed by atoms with Crippen molar-refractivity contribution in [3.63, 3.8) is 0 Å². The van der Waals surface area contributed by atoms with E-state index in [1.807, 2.05) is 0 Å². The second-order valence-corrected chi connectivity index (χ2v) is 3.80. The minimum Gasteiger partial charge on any atom is -0.315 e. The number of hydrogen-bond acceptors (Lipinski definition) is 2. The molecule has 2 nitrogen and oxygen atoms in total. The molecule has 0 radical (unpaired) electrons. The predicted molar refractivity (Wildman–Crippen MR) is 42.0 cm³/mol.